The van der Waals surface area contributed by atoms with Crippen LogP contribution in [0.2, 0.25) is 0 Å². The van der Waals surface area contributed by atoms with Crippen molar-refractivity contribution in [3.05, 3.63) is 146 Å². The Morgan fingerprint density at radius 2 is 1.19 bits per heavy atom. The molecule has 0 saturated carbocycles. The van der Waals surface area contributed by atoms with Crippen molar-refractivity contribution >= 4 is 64.4 Å². The van der Waals surface area contributed by atoms with Crippen LogP contribution in [0.15, 0.2) is 150 Å². The summed E-state index contributed by atoms with van der Waals surface area (Å²) in [5.41, 5.74) is 7.39. The molecule has 0 unspecified atom stereocenters. The molecule has 48 heavy (non-hydrogen) atoms. The first-order valence-electron chi connectivity index (χ1n) is 15.8. The Balaban J connectivity index is 1.31. The molecule has 0 bridgehead atoms. The molecule has 0 amide bonds. The molecule has 10 rings (SSSR count). The summed E-state index contributed by atoms with van der Waals surface area (Å²) in [4.78, 5) is 19.9. The van der Waals surface area contributed by atoms with Crippen LogP contribution in [0.25, 0.3) is 98.3 Å². The van der Waals surface area contributed by atoms with Gasteiger partial charge in [-0.3, -0.25) is 4.98 Å². The van der Waals surface area contributed by atoms with E-state index in [-0.39, 0.29) is 0 Å². The van der Waals surface area contributed by atoms with Gasteiger partial charge in [0.15, 0.2) is 17.5 Å². The van der Waals surface area contributed by atoms with Gasteiger partial charge in [-0.1, -0.05) is 103 Å². The molecule has 0 atom stereocenters. The van der Waals surface area contributed by atoms with Gasteiger partial charge in [-0.05, 0) is 47.5 Å². The van der Waals surface area contributed by atoms with Crippen LogP contribution in [0.5, 0.6) is 0 Å². The summed E-state index contributed by atoms with van der Waals surface area (Å²) in [6.45, 7) is 0. The lowest BCUT2D eigenvalue weighted by Gasteiger charge is -2.11. The van der Waals surface area contributed by atoms with E-state index in [0.29, 0.717) is 17.5 Å². The van der Waals surface area contributed by atoms with Crippen LogP contribution in [0.1, 0.15) is 0 Å². The SMILES string of the molecule is c1ccc(-c2nc(-c3ccccc3)nc(-c3cc(-c4cccc5c4sc4ccccc45)cc4oc5cc6cccnc6cc5c34)n2)cc1. The van der Waals surface area contributed by atoms with E-state index in [9.17, 15) is 0 Å². The third-order valence-electron chi connectivity index (χ3n) is 8.95. The Labute approximate surface area is 278 Å². The maximum atomic E-state index is 6.69. The third kappa shape index (κ3) is 4.31. The largest absolute Gasteiger partial charge is 0.456 e. The number of thiophene rings is 1. The minimum absolute atomic E-state index is 0.585. The predicted octanol–water partition coefficient (Wildman–Crippen LogP) is 11.4. The molecule has 0 aliphatic rings. The molecule has 0 N–H and O–H groups in total. The molecule has 0 spiro atoms. The number of rotatable bonds is 4. The zero-order chi connectivity index (χ0) is 31.6. The van der Waals surface area contributed by atoms with Crippen molar-refractivity contribution in [1.29, 1.82) is 0 Å². The molecule has 4 aromatic heterocycles. The maximum absolute atomic E-state index is 6.69. The van der Waals surface area contributed by atoms with Crippen molar-refractivity contribution in [2.75, 3.05) is 0 Å². The van der Waals surface area contributed by atoms with Crippen LogP contribution in [0, 0.1) is 0 Å². The van der Waals surface area contributed by atoms with Crippen molar-refractivity contribution < 1.29 is 4.42 Å². The van der Waals surface area contributed by atoms with Crippen molar-refractivity contribution in [3.63, 3.8) is 0 Å². The van der Waals surface area contributed by atoms with Gasteiger partial charge >= 0.3 is 0 Å². The van der Waals surface area contributed by atoms with E-state index in [2.05, 4.69) is 77.8 Å². The van der Waals surface area contributed by atoms with E-state index >= 15 is 0 Å². The highest BCUT2D eigenvalue weighted by Crippen LogP contribution is 2.44. The normalized spacial score (nSPS) is 11.8. The molecular formula is C42H24N4OS. The number of nitrogens with zero attached hydrogens (tertiary/aromatic N) is 4. The Kier molecular flexibility index (Phi) is 5.98. The van der Waals surface area contributed by atoms with E-state index in [1.807, 2.05) is 84.3 Å². The first kappa shape index (κ1) is 26.9. The Morgan fingerprint density at radius 3 is 1.98 bits per heavy atom. The van der Waals surface area contributed by atoms with Gasteiger partial charge in [-0.25, -0.2) is 15.0 Å². The van der Waals surface area contributed by atoms with E-state index in [0.717, 1.165) is 60.7 Å². The van der Waals surface area contributed by atoms with Gasteiger partial charge in [0.2, 0.25) is 0 Å². The van der Waals surface area contributed by atoms with Gasteiger partial charge in [-0.15, -0.1) is 11.3 Å². The van der Waals surface area contributed by atoms with Gasteiger partial charge in [-0.2, -0.15) is 0 Å². The van der Waals surface area contributed by atoms with Gasteiger partial charge in [0.25, 0.3) is 0 Å². The monoisotopic (exact) mass is 632 g/mol. The molecule has 4 heterocycles. The zero-order valence-corrected chi connectivity index (χ0v) is 26.3. The summed E-state index contributed by atoms with van der Waals surface area (Å²) in [5.74, 6) is 1.82. The summed E-state index contributed by atoms with van der Waals surface area (Å²) >= 11 is 1.82. The second-order valence-electron chi connectivity index (χ2n) is 11.9. The molecule has 224 valence electrons. The average molecular weight is 633 g/mol. The molecule has 0 radical (unpaired) electrons. The number of pyridine rings is 1. The first-order valence-corrected chi connectivity index (χ1v) is 16.6. The van der Waals surface area contributed by atoms with E-state index < -0.39 is 0 Å². The average Bonchev–Trinajstić information content (AvgIpc) is 3.72. The molecular weight excluding hydrogens is 609 g/mol. The Bertz CT molecular complexity index is 2780. The molecule has 5 nitrogen and oxygen atoms in total. The number of aromatic nitrogens is 4. The third-order valence-corrected chi connectivity index (χ3v) is 10.2. The van der Waals surface area contributed by atoms with Crippen molar-refractivity contribution in [3.8, 4) is 45.3 Å². The lowest BCUT2D eigenvalue weighted by molar-refractivity contribution is 0.669. The molecule has 0 aliphatic carbocycles. The Hall–Kier alpha value is -6.24. The second kappa shape index (κ2) is 10.7. The van der Waals surface area contributed by atoms with E-state index in [1.54, 1.807) is 0 Å². The minimum atomic E-state index is 0.585. The Morgan fingerprint density at radius 1 is 0.479 bits per heavy atom. The summed E-state index contributed by atoms with van der Waals surface area (Å²) in [7, 11) is 0. The number of hydrogen-bond acceptors (Lipinski definition) is 6. The number of hydrogen-bond donors (Lipinski definition) is 0. The molecule has 0 fully saturated rings. The van der Waals surface area contributed by atoms with Crippen LogP contribution in [0.4, 0.5) is 0 Å². The molecule has 0 saturated heterocycles. The minimum Gasteiger partial charge on any atom is -0.456 e. The molecule has 0 aliphatic heterocycles. The fraction of sp³-hybridized carbons (Fsp3) is 0. The number of furan rings is 1. The van der Waals surface area contributed by atoms with Crippen LogP contribution in [-0.2, 0) is 0 Å². The van der Waals surface area contributed by atoms with E-state index in [4.69, 9.17) is 19.4 Å². The highest BCUT2D eigenvalue weighted by atomic mass is 32.1. The van der Waals surface area contributed by atoms with Gasteiger partial charge in [0.1, 0.15) is 11.2 Å². The molecule has 6 aromatic carbocycles. The van der Waals surface area contributed by atoms with Crippen molar-refractivity contribution in [2.24, 2.45) is 0 Å². The lowest BCUT2D eigenvalue weighted by Crippen LogP contribution is -2.00. The second-order valence-corrected chi connectivity index (χ2v) is 12.9. The quantitative estimate of drug-likeness (QED) is 0.193. The van der Waals surface area contributed by atoms with Crippen LogP contribution in [-0.4, -0.2) is 19.9 Å². The highest BCUT2D eigenvalue weighted by molar-refractivity contribution is 7.26. The van der Waals surface area contributed by atoms with Gasteiger partial charge in [0, 0.05) is 59.2 Å². The maximum Gasteiger partial charge on any atom is 0.164 e. The fourth-order valence-corrected chi connectivity index (χ4v) is 7.95. The van der Waals surface area contributed by atoms with Crippen LogP contribution < -0.4 is 0 Å². The fourth-order valence-electron chi connectivity index (χ4n) is 6.71. The molecule has 10 aromatic rings. The number of benzene rings is 6. The van der Waals surface area contributed by atoms with Crippen molar-refractivity contribution in [2.45, 2.75) is 0 Å². The predicted molar refractivity (Wildman–Crippen MR) is 197 cm³/mol. The summed E-state index contributed by atoms with van der Waals surface area (Å²) < 4.78 is 9.19. The first-order chi connectivity index (χ1) is 23.8. The van der Waals surface area contributed by atoms with Crippen LogP contribution >= 0.6 is 11.3 Å². The van der Waals surface area contributed by atoms with Gasteiger partial charge in [0.05, 0.1) is 5.52 Å². The summed E-state index contributed by atoms with van der Waals surface area (Å²) in [6.07, 6.45) is 1.82. The molecule has 6 heteroatoms. The highest BCUT2D eigenvalue weighted by Gasteiger charge is 2.21. The van der Waals surface area contributed by atoms with E-state index in [1.165, 1.54) is 20.2 Å². The van der Waals surface area contributed by atoms with Crippen molar-refractivity contribution in [1.82, 2.24) is 19.9 Å². The smallest absolute Gasteiger partial charge is 0.164 e. The number of fused-ring (bicyclic) bond motifs is 7. The summed E-state index contributed by atoms with van der Waals surface area (Å²) in [6, 6.07) is 47.9. The standard InChI is InChI=1S/C42H24N4OS/c1-3-11-25(12-4-1)40-44-41(26-13-5-2-6-14-26)46-42(45-40)33-21-28(29-17-9-18-31-30-16-7-8-19-37(30)48-39(29)31)23-36-38(33)32-24-34-27(15-10-20-43-34)22-35(32)47-36/h1-24H. The topological polar surface area (TPSA) is 64.7 Å². The lowest BCUT2D eigenvalue weighted by atomic mass is 9.96. The van der Waals surface area contributed by atoms with Crippen LogP contribution in [0.3, 0.4) is 0 Å². The zero-order valence-electron chi connectivity index (χ0n) is 25.5. The summed E-state index contributed by atoms with van der Waals surface area (Å²) in [5, 5.41) is 5.46. The van der Waals surface area contributed by atoms with Gasteiger partial charge < -0.3 is 4.42 Å².